The van der Waals surface area contributed by atoms with Crippen LogP contribution in [0, 0.1) is 5.82 Å². The van der Waals surface area contributed by atoms with Crippen LogP contribution in [-0.4, -0.2) is 9.55 Å². The number of aromatic amines is 1. The highest BCUT2D eigenvalue weighted by molar-refractivity contribution is 6.30. The number of hydrogen-bond acceptors (Lipinski definition) is 2. The summed E-state index contributed by atoms with van der Waals surface area (Å²) in [5.41, 5.74) is -1.39. The lowest BCUT2D eigenvalue weighted by atomic mass is 10.2. The van der Waals surface area contributed by atoms with Crippen LogP contribution in [-0.2, 0) is 6.42 Å². The molecule has 0 aliphatic heterocycles. The molecule has 0 amide bonds. The third-order valence-electron chi connectivity index (χ3n) is 2.65. The van der Waals surface area contributed by atoms with Gasteiger partial charge in [-0.25, -0.2) is 13.8 Å². The molecule has 2 aromatic rings. The van der Waals surface area contributed by atoms with E-state index in [1.54, 1.807) is 6.92 Å². The molecule has 0 spiro atoms. The van der Waals surface area contributed by atoms with Gasteiger partial charge in [-0.3, -0.25) is 9.78 Å². The van der Waals surface area contributed by atoms with Crippen molar-refractivity contribution in [2.24, 2.45) is 0 Å². The Labute approximate surface area is 117 Å². The molecule has 1 aromatic carbocycles. The van der Waals surface area contributed by atoms with Crippen LogP contribution in [0.25, 0.3) is 5.69 Å². The highest BCUT2D eigenvalue weighted by Crippen LogP contribution is 2.16. The van der Waals surface area contributed by atoms with Crippen LogP contribution in [0.2, 0.25) is 10.2 Å². The van der Waals surface area contributed by atoms with Gasteiger partial charge < -0.3 is 0 Å². The van der Waals surface area contributed by atoms with E-state index in [9.17, 15) is 14.0 Å². The van der Waals surface area contributed by atoms with E-state index in [1.807, 2.05) is 0 Å². The van der Waals surface area contributed by atoms with Crippen molar-refractivity contribution in [2.75, 3.05) is 0 Å². The highest BCUT2D eigenvalue weighted by Gasteiger charge is 2.15. The molecule has 7 heteroatoms. The number of rotatable bonds is 2. The maximum absolute atomic E-state index is 13.8. The second-order valence-corrected chi connectivity index (χ2v) is 4.63. The Kier molecular flexibility index (Phi) is 3.78. The zero-order valence-electron chi connectivity index (χ0n) is 9.84. The van der Waals surface area contributed by atoms with Crippen molar-refractivity contribution >= 4 is 23.2 Å². The zero-order chi connectivity index (χ0) is 14.2. The number of benzene rings is 1. The summed E-state index contributed by atoms with van der Waals surface area (Å²) in [6.45, 7) is 1.71. The summed E-state index contributed by atoms with van der Waals surface area (Å²) in [5, 5.41) is 0.151. The smallest absolute Gasteiger partial charge is 0.297 e. The summed E-state index contributed by atoms with van der Waals surface area (Å²) in [6, 6.07) is 3.69. The Morgan fingerprint density at radius 3 is 2.58 bits per heavy atom. The molecule has 1 heterocycles. The maximum Gasteiger partial charge on any atom is 0.334 e. The Morgan fingerprint density at radius 1 is 1.32 bits per heavy atom. The van der Waals surface area contributed by atoms with Gasteiger partial charge in [0.2, 0.25) is 0 Å². The number of halogens is 3. The van der Waals surface area contributed by atoms with Crippen molar-refractivity contribution in [1.82, 2.24) is 9.55 Å². The number of hydrogen-bond donors (Lipinski definition) is 1. The SMILES string of the molecule is CCc1c(Cl)[nH]c(=O)n(-c2ccc(Cl)cc2F)c1=O. The number of H-pyrrole nitrogens is 1. The molecule has 0 atom stereocenters. The lowest BCUT2D eigenvalue weighted by Crippen LogP contribution is -2.36. The molecule has 0 saturated carbocycles. The predicted molar refractivity (Wildman–Crippen MR) is 72.0 cm³/mol. The second-order valence-electron chi connectivity index (χ2n) is 3.81. The quantitative estimate of drug-likeness (QED) is 0.867. The molecule has 0 unspecified atom stereocenters. The minimum absolute atomic E-state index is 0.0249. The van der Waals surface area contributed by atoms with E-state index in [4.69, 9.17) is 23.2 Å². The predicted octanol–water partition coefficient (Wildman–Crippen LogP) is 2.53. The van der Waals surface area contributed by atoms with Crippen LogP contribution in [0.5, 0.6) is 0 Å². The molecule has 19 heavy (non-hydrogen) atoms. The van der Waals surface area contributed by atoms with Gasteiger partial charge in [-0.2, -0.15) is 0 Å². The minimum atomic E-state index is -0.798. The minimum Gasteiger partial charge on any atom is -0.297 e. The van der Waals surface area contributed by atoms with Gasteiger partial charge in [0.05, 0.1) is 11.3 Å². The lowest BCUT2D eigenvalue weighted by molar-refractivity contribution is 0.611. The van der Waals surface area contributed by atoms with Crippen molar-refractivity contribution in [1.29, 1.82) is 0 Å². The third-order valence-corrected chi connectivity index (χ3v) is 3.21. The largest absolute Gasteiger partial charge is 0.334 e. The Bertz CT molecular complexity index is 752. The second kappa shape index (κ2) is 5.19. The van der Waals surface area contributed by atoms with E-state index in [1.165, 1.54) is 12.1 Å². The normalized spacial score (nSPS) is 10.7. The van der Waals surface area contributed by atoms with E-state index in [-0.39, 0.29) is 21.4 Å². The molecule has 0 fully saturated rings. The number of nitrogens with one attached hydrogen (secondary N) is 1. The molecule has 0 radical (unpaired) electrons. The van der Waals surface area contributed by atoms with Crippen LogP contribution >= 0.6 is 23.2 Å². The van der Waals surface area contributed by atoms with Crippen molar-refractivity contribution in [2.45, 2.75) is 13.3 Å². The summed E-state index contributed by atoms with van der Waals surface area (Å²) in [6.07, 6.45) is 0.323. The molecule has 100 valence electrons. The summed E-state index contributed by atoms with van der Waals surface area (Å²) >= 11 is 11.4. The molecule has 4 nitrogen and oxygen atoms in total. The average Bonchev–Trinajstić information content (AvgIpc) is 2.31. The van der Waals surface area contributed by atoms with Gasteiger partial charge in [0, 0.05) is 5.02 Å². The van der Waals surface area contributed by atoms with Crippen LogP contribution < -0.4 is 11.2 Å². The summed E-state index contributed by atoms with van der Waals surface area (Å²) in [4.78, 5) is 26.2. The van der Waals surface area contributed by atoms with E-state index >= 15 is 0 Å². The fourth-order valence-electron chi connectivity index (χ4n) is 1.73. The zero-order valence-corrected chi connectivity index (χ0v) is 11.3. The Morgan fingerprint density at radius 2 is 2.00 bits per heavy atom. The summed E-state index contributed by atoms with van der Waals surface area (Å²) < 4.78 is 14.5. The fraction of sp³-hybridized carbons (Fsp3) is 0.167. The van der Waals surface area contributed by atoms with Crippen molar-refractivity contribution in [3.8, 4) is 5.69 Å². The Balaban J connectivity index is 2.83. The van der Waals surface area contributed by atoms with E-state index in [0.29, 0.717) is 11.0 Å². The van der Waals surface area contributed by atoms with Gasteiger partial charge in [0.15, 0.2) is 0 Å². The molecule has 1 aromatic heterocycles. The van der Waals surface area contributed by atoms with Crippen LogP contribution in [0.15, 0.2) is 27.8 Å². The molecular formula is C12H9Cl2FN2O2. The van der Waals surface area contributed by atoms with E-state index < -0.39 is 17.1 Å². The Hall–Kier alpha value is -1.59. The van der Waals surface area contributed by atoms with Gasteiger partial charge >= 0.3 is 5.69 Å². The highest BCUT2D eigenvalue weighted by atomic mass is 35.5. The topological polar surface area (TPSA) is 54.9 Å². The number of aromatic nitrogens is 2. The fourth-order valence-corrected chi connectivity index (χ4v) is 2.19. The number of nitrogens with zero attached hydrogens (tertiary/aromatic N) is 1. The van der Waals surface area contributed by atoms with Gasteiger partial charge in [0.25, 0.3) is 5.56 Å². The maximum atomic E-state index is 13.8. The van der Waals surface area contributed by atoms with Gasteiger partial charge in [-0.15, -0.1) is 0 Å². The van der Waals surface area contributed by atoms with Crippen molar-refractivity contribution < 1.29 is 4.39 Å². The van der Waals surface area contributed by atoms with Crippen LogP contribution in [0.3, 0.4) is 0 Å². The van der Waals surface area contributed by atoms with Gasteiger partial charge in [0.1, 0.15) is 11.0 Å². The van der Waals surface area contributed by atoms with Crippen molar-refractivity contribution in [3.05, 3.63) is 60.6 Å². The molecule has 2 rings (SSSR count). The molecule has 0 bridgehead atoms. The summed E-state index contributed by atoms with van der Waals surface area (Å²) in [7, 11) is 0. The third kappa shape index (κ3) is 2.43. The molecule has 0 aliphatic rings. The first-order chi connectivity index (χ1) is 8.95. The molecule has 0 saturated heterocycles. The van der Waals surface area contributed by atoms with Crippen LogP contribution in [0.1, 0.15) is 12.5 Å². The lowest BCUT2D eigenvalue weighted by Gasteiger charge is -2.08. The van der Waals surface area contributed by atoms with E-state index in [2.05, 4.69) is 4.98 Å². The van der Waals surface area contributed by atoms with Gasteiger partial charge in [-0.05, 0) is 24.6 Å². The van der Waals surface area contributed by atoms with Crippen LogP contribution in [0.4, 0.5) is 4.39 Å². The van der Waals surface area contributed by atoms with E-state index in [0.717, 1.165) is 6.07 Å². The standard InChI is InChI=1S/C12H9Cl2FN2O2/c1-2-7-10(14)16-12(19)17(11(7)18)9-4-3-6(13)5-8(9)15/h3-5H,2H2,1H3,(H,16,19). The molecular weight excluding hydrogens is 294 g/mol. The average molecular weight is 303 g/mol. The van der Waals surface area contributed by atoms with Crippen molar-refractivity contribution in [3.63, 3.8) is 0 Å². The molecule has 1 N–H and O–H groups in total. The van der Waals surface area contributed by atoms with Gasteiger partial charge in [-0.1, -0.05) is 30.1 Å². The first kappa shape index (κ1) is 13.8. The first-order valence-electron chi connectivity index (χ1n) is 5.44. The summed E-state index contributed by atoms with van der Waals surface area (Å²) in [5.74, 6) is -0.760. The molecule has 0 aliphatic carbocycles. The first-order valence-corrected chi connectivity index (χ1v) is 6.20. The monoisotopic (exact) mass is 302 g/mol.